The van der Waals surface area contributed by atoms with Gasteiger partial charge in [0.2, 0.25) is 0 Å². The van der Waals surface area contributed by atoms with Crippen LogP contribution in [0.5, 0.6) is 0 Å². The summed E-state index contributed by atoms with van der Waals surface area (Å²) in [6.07, 6.45) is 0. The molecule has 0 saturated heterocycles. The van der Waals surface area contributed by atoms with Gasteiger partial charge in [-0.15, -0.1) is 0 Å². The van der Waals surface area contributed by atoms with E-state index >= 15 is 0 Å². The van der Waals surface area contributed by atoms with E-state index in [0.29, 0.717) is 11.3 Å². The highest BCUT2D eigenvalue weighted by Crippen LogP contribution is 2.24. The summed E-state index contributed by atoms with van der Waals surface area (Å²) in [7, 11) is 3.30. The van der Waals surface area contributed by atoms with E-state index in [1.54, 1.807) is 52.2 Å². The van der Waals surface area contributed by atoms with Crippen molar-refractivity contribution in [2.24, 2.45) is 0 Å². The van der Waals surface area contributed by atoms with E-state index in [4.69, 9.17) is 5.11 Å². The zero-order valence-electron chi connectivity index (χ0n) is 11.0. The Hall–Kier alpha value is -2.04. The van der Waals surface area contributed by atoms with Gasteiger partial charge in [-0.25, -0.2) is 4.79 Å². The van der Waals surface area contributed by atoms with Gasteiger partial charge in [0, 0.05) is 19.8 Å². The van der Waals surface area contributed by atoms with E-state index in [1.807, 2.05) is 0 Å². The second-order valence-corrected chi connectivity index (χ2v) is 4.83. The maximum atomic E-state index is 11.4. The van der Waals surface area contributed by atoms with Crippen molar-refractivity contribution in [2.75, 3.05) is 19.4 Å². The topological polar surface area (TPSA) is 69.6 Å². The Morgan fingerprint density at radius 2 is 1.67 bits per heavy atom. The van der Waals surface area contributed by atoms with Crippen molar-refractivity contribution in [3.05, 3.63) is 29.8 Å². The highest BCUT2D eigenvalue weighted by molar-refractivity contribution is 5.89. The fourth-order valence-electron chi connectivity index (χ4n) is 1.33. The van der Waals surface area contributed by atoms with E-state index in [9.17, 15) is 9.59 Å². The van der Waals surface area contributed by atoms with Crippen LogP contribution in [0.4, 0.5) is 10.5 Å². The van der Waals surface area contributed by atoms with Crippen molar-refractivity contribution < 1.29 is 14.7 Å². The van der Waals surface area contributed by atoms with Crippen molar-refractivity contribution in [1.29, 1.82) is 0 Å². The molecule has 0 radical (unpaired) electrons. The Balaban J connectivity index is 2.87. The number of nitrogens with one attached hydrogen (secondary N) is 1. The van der Waals surface area contributed by atoms with Crippen molar-refractivity contribution >= 4 is 17.7 Å². The molecule has 0 atom stereocenters. The average Bonchev–Trinajstić information content (AvgIpc) is 2.29. The number of urea groups is 1. The second kappa shape index (κ2) is 5.08. The number of rotatable bonds is 3. The number of anilines is 1. The number of nitrogens with zero attached hydrogens (tertiary/aromatic N) is 1. The van der Waals surface area contributed by atoms with Gasteiger partial charge < -0.3 is 15.3 Å². The van der Waals surface area contributed by atoms with Crippen molar-refractivity contribution in [2.45, 2.75) is 19.3 Å². The molecule has 0 aromatic heterocycles. The first-order valence-electron chi connectivity index (χ1n) is 5.57. The molecule has 0 bridgehead atoms. The van der Waals surface area contributed by atoms with E-state index in [-0.39, 0.29) is 6.03 Å². The lowest BCUT2D eigenvalue weighted by Gasteiger charge is -2.20. The summed E-state index contributed by atoms with van der Waals surface area (Å²) in [5.41, 5.74) is 0.390. The van der Waals surface area contributed by atoms with Crippen LogP contribution in [-0.4, -0.2) is 36.1 Å². The molecular weight excluding hydrogens is 232 g/mol. The molecule has 0 unspecified atom stereocenters. The lowest BCUT2D eigenvalue weighted by atomic mass is 9.85. The third kappa shape index (κ3) is 3.00. The van der Waals surface area contributed by atoms with Gasteiger partial charge in [0.1, 0.15) is 0 Å². The zero-order valence-corrected chi connectivity index (χ0v) is 11.0. The summed E-state index contributed by atoms with van der Waals surface area (Å²) in [5.74, 6) is -0.882. The van der Waals surface area contributed by atoms with Crippen LogP contribution in [0.25, 0.3) is 0 Å². The van der Waals surface area contributed by atoms with Gasteiger partial charge in [0.15, 0.2) is 0 Å². The molecule has 1 rings (SSSR count). The number of carboxylic acids is 1. The van der Waals surface area contributed by atoms with Crippen LogP contribution in [0.15, 0.2) is 24.3 Å². The van der Waals surface area contributed by atoms with Gasteiger partial charge in [-0.2, -0.15) is 0 Å². The van der Waals surface area contributed by atoms with Crippen LogP contribution in [0.2, 0.25) is 0 Å². The lowest BCUT2D eigenvalue weighted by Crippen LogP contribution is -2.29. The summed E-state index contributed by atoms with van der Waals surface area (Å²) in [5, 5.41) is 11.8. The molecule has 2 N–H and O–H groups in total. The summed E-state index contributed by atoms with van der Waals surface area (Å²) in [6.45, 7) is 3.28. The molecule has 0 heterocycles. The molecule has 98 valence electrons. The second-order valence-electron chi connectivity index (χ2n) is 4.83. The number of hydrogen-bond acceptors (Lipinski definition) is 2. The molecule has 0 aliphatic rings. The van der Waals surface area contributed by atoms with Gasteiger partial charge in [-0.3, -0.25) is 4.79 Å². The van der Waals surface area contributed by atoms with Crippen molar-refractivity contribution in [3.63, 3.8) is 0 Å². The van der Waals surface area contributed by atoms with Crippen LogP contribution >= 0.6 is 0 Å². The SMILES string of the molecule is CN(C)C(=O)Nc1ccc(C(C)(C)C(=O)O)cc1. The van der Waals surface area contributed by atoms with Crippen LogP contribution < -0.4 is 5.32 Å². The summed E-state index contributed by atoms with van der Waals surface area (Å²) < 4.78 is 0. The molecular formula is C13H18N2O3. The van der Waals surface area contributed by atoms with Crippen LogP contribution in [0.1, 0.15) is 19.4 Å². The highest BCUT2D eigenvalue weighted by atomic mass is 16.4. The molecule has 1 aromatic carbocycles. The highest BCUT2D eigenvalue weighted by Gasteiger charge is 2.29. The van der Waals surface area contributed by atoms with Crippen molar-refractivity contribution in [3.8, 4) is 0 Å². The first kappa shape index (κ1) is 14.0. The molecule has 18 heavy (non-hydrogen) atoms. The summed E-state index contributed by atoms with van der Waals surface area (Å²) in [4.78, 5) is 23.9. The predicted octanol–water partition coefficient (Wildman–Crippen LogP) is 2.14. The monoisotopic (exact) mass is 250 g/mol. The molecule has 0 fully saturated rings. The minimum absolute atomic E-state index is 0.222. The molecule has 5 heteroatoms. The fraction of sp³-hybridized carbons (Fsp3) is 0.385. The molecule has 0 spiro atoms. The summed E-state index contributed by atoms with van der Waals surface area (Å²) in [6, 6.07) is 6.59. The number of benzene rings is 1. The average molecular weight is 250 g/mol. The molecule has 0 saturated carbocycles. The van der Waals surface area contributed by atoms with E-state index < -0.39 is 11.4 Å². The van der Waals surface area contributed by atoms with Gasteiger partial charge in [-0.05, 0) is 31.5 Å². The van der Waals surface area contributed by atoms with Gasteiger partial charge in [0.25, 0.3) is 0 Å². The number of carboxylic acid groups (broad SMARTS) is 1. The van der Waals surface area contributed by atoms with Gasteiger partial charge >= 0.3 is 12.0 Å². The summed E-state index contributed by atoms with van der Waals surface area (Å²) >= 11 is 0. The Morgan fingerprint density at radius 3 is 2.06 bits per heavy atom. The first-order valence-corrected chi connectivity index (χ1v) is 5.57. The van der Waals surface area contributed by atoms with Crippen LogP contribution in [0.3, 0.4) is 0 Å². The number of amides is 2. The predicted molar refractivity (Wildman–Crippen MR) is 69.8 cm³/mol. The third-order valence-corrected chi connectivity index (χ3v) is 2.80. The number of aliphatic carboxylic acids is 1. The molecule has 2 amide bonds. The largest absolute Gasteiger partial charge is 0.481 e. The lowest BCUT2D eigenvalue weighted by molar-refractivity contribution is -0.142. The minimum Gasteiger partial charge on any atom is -0.481 e. The minimum atomic E-state index is -0.940. The smallest absolute Gasteiger partial charge is 0.321 e. The maximum Gasteiger partial charge on any atom is 0.321 e. The number of carbonyl (C=O) groups is 2. The normalized spacial score (nSPS) is 10.9. The Kier molecular flexibility index (Phi) is 3.96. The van der Waals surface area contributed by atoms with Crippen LogP contribution in [0, 0.1) is 0 Å². The molecule has 0 aliphatic heterocycles. The Bertz CT molecular complexity index is 450. The molecule has 5 nitrogen and oxygen atoms in total. The van der Waals surface area contributed by atoms with E-state index in [0.717, 1.165) is 0 Å². The standard InChI is InChI=1S/C13H18N2O3/c1-13(2,11(16)17)9-5-7-10(8-6-9)14-12(18)15(3)4/h5-8H,1-4H3,(H,14,18)(H,16,17). The maximum absolute atomic E-state index is 11.4. The van der Waals surface area contributed by atoms with E-state index in [1.165, 1.54) is 4.90 Å². The fourth-order valence-corrected chi connectivity index (χ4v) is 1.33. The first-order chi connectivity index (χ1) is 8.25. The van der Waals surface area contributed by atoms with Gasteiger partial charge in [-0.1, -0.05) is 12.1 Å². The van der Waals surface area contributed by atoms with Crippen molar-refractivity contribution in [1.82, 2.24) is 4.90 Å². The third-order valence-electron chi connectivity index (χ3n) is 2.80. The Labute approximate surface area is 106 Å². The zero-order chi connectivity index (χ0) is 13.9. The molecule has 1 aromatic rings. The number of hydrogen-bond donors (Lipinski definition) is 2. The van der Waals surface area contributed by atoms with Crippen LogP contribution in [-0.2, 0) is 10.2 Å². The molecule has 0 aliphatic carbocycles. The quantitative estimate of drug-likeness (QED) is 0.863. The van der Waals surface area contributed by atoms with E-state index in [2.05, 4.69) is 5.32 Å². The Morgan fingerprint density at radius 1 is 1.17 bits per heavy atom. The van der Waals surface area contributed by atoms with Gasteiger partial charge in [0.05, 0.1) is 5.41 Å². The number of carbonyl (C=O) groups excluding carboxylic acids is 1.